The molecule has 4 rings (SSSR count). The molecule has 0 radical (unpaired) electrons. The summed E-state index contributed by atoms with van der Waals surface area (Å²) in [5.41, 5.74) is 9.00. The van der Waals surface area contributed by atoms with Crippen LogP contribution in [-0.2, 0) is 0 Å². The fourth-order valence-electron chi connectivity index (χ4n) is 4.47. The Kier molecular flexibility index (Phi) is 7.35. The molecule has 35 heavy (non-hydrogen) atoms. The number of rotatable bonds is 6. The monoisotopic (exact) mass is 515 g/mol. The van der Waals surface area contributed by atoms with Gasteiger partial charge in [-0.1, -0.05) is 29.3 Å². The number of aromatic hydroxyl groups is 1. The van der Waals surface area contributed by atoms with Crippen molar-refractivity contribution in [3.8, 4) is 22.9 Å². The molecule has 0 atom stereocenters. The number of hydrogen-bond donors (Lipinski definition) is 3. The Balaban J connectivity index is 1.74. The lowest BCUT2D eigenvalue weighted by atomic mass is 9.87. The number of nitrogens with zero attached hydrogens (tertiary/aromatic N) is 3. The molecule has 1 aliphatic heterocycles. The number of anilines is 2. The normalized spacial score (nSPS) is 14.7. The quantitative estimate of drug-likeness (QED) is 0.417. The van der Waals surface area contributed by atoms with Crippen LogP contribution >= 0.6 is 23.2 Å². The van der Waals surface area contributed by atoms with E-state index in [1.165, 1.54) is 30.4 Å². The maximum atomic E-state index is 12.3. The van der Waals surface area contributed by atoms with E-state index < -0.39 is 5.91 Å². The van der Waals surface area contributed by atoms with Gasteiger partial charge >= 0.3 is 0 Å². The van der Waals surface area contributed by atoms with Gasteiger partial charge in [0, 0.05) is 11.3 Å². The Labute approximate surface area is 214 Å². The average molecular weight is 516 g/mol. The number of methoxy groups -OCH3 is 1. The number of halogens is 2. The second kappa shape index (κ2) is 10.3. The van der Waals surface area contributed by atoms with Crippen LogP contribution in [0.15, 0.2) is 30.3 Å². The summed E-state index contributed by atoms with van der Waals surface area (Å²) in [6.07, 6.45) is 2.27. The van der Waals surface area contributed by atoms with E-state index in [4.69, 9.17) is 33.7 Å². The fourth-order valence-corrected chi connectivity index (χ4v) is 5.02. The molecule has 0 bridgehead atoms. The number of nitrogens with two attached hydrogens (primary N) is 1. The van der Waals surface area contributed by atoms with Crippen molar-refractivity contribution in [2.75, 3.05) is 32.6 Å². The van der Waals surface area contributed by atoms with Crippen molar-refractivity contribution in [3.63, 3.8) is 0 Å². The Bertz CT molecular complexity index is 1280. The van der Waals surface area contributed by atoms with E-state index in [1.807, 2.05) is 12.1 Å². The van der Waals surface area contributed by atoms with Gasteiger partial charge in [-0.05, 0) is 81.2 Å². The van der Waals surface area contributed by atoms with Crippen LogP contribution in [0.4, 0.5) is 11.6 Å². The minimum Gasteiger partial charge on any atom is -0.506 e. The van der Waals surface area contributed by atoms with Crippen molar-refractivity contribution in [1.29, 1.82) is 0 Å². The third-order valence-corrected chi connectivity index (χ3v) is 7.01. The second-order valence-corrected chi connectivity index (χ2v) is 9.46. The van der Waals surface area contributed by atoms with Crippen LogP contribution in [-0.4, -0.2) is 53.1 Å². The zero-order chi connectivity index (χ0) is 25.3. The summed E-state index contributed by atoms with van der Waals surface area (Å²) < 4.78 is 5.34. The first-order chi connectivity index (χ1) is 16.7. The van der Waals surface area contributed by atoms with Crippen molar-refractivity contribution in [2.24, 2.45) is 5.73 Å². The first kappa shape index (κ1) is 25.0. The van der Waals surface area contributed by atoms with Crippen molar-refractivity contribution in [2.45, 2.75) is 25.7 Å². The minimum absolute atomic E-state index is 0.0415. The molecular weight excluding hydrogens is 489 g/mol. The lowest BCUT2D eigenvalue weighted by Gasteiger charge is -2.30. The Morgan fingerprint density at radius 3 is 2.54 bits per heavy atom. The summed E-state index contributed by atoms with van der Waals surface area (Å²) in [7, 11) is 3.52. The highest BCUT2D eigenvalue weighted by atomic mass is 35.5. The molecule has 1 aliphatic rings. The van der Waals surface area contributed by atoms with Gasteiger partial charge in [0.25, 0.3) is 5.91 Å². The average Bonchev–Trinajstić information content (AvgIpc) is 2.82. The first-order valence-corrected chi connectivity index (χ1v) is 11.9. The largest absolute Gasteiger partial charge is 0.506 e. The van der Waals surface area contributed by atoms with E-state index in [2.05, 4.69) is 40.2 Å². The number of amides is 1. The maximum Gasteiger partial charge on any atom is 0.256 e. The van der Waals surface area contributed by atoms with E-state index in [9.17, 15) is 9.90 Å². The van der Waals surface area contributed by atoms with E-state index in [0.717, 1.165) is 31.6 Å². The first-order valence-electron chi connectivity index (χ1n) is 11.2. The number of piperidine rings is 1. The van der Waals surface area contributed by atoms with Crippen LogP contribution in [0.1, 0.15) is 40.2 Å². The van der Waals surface area contributed by atoms with Gasteiger partial charge in [0.05, 0.1) is 22.8 Å². The fraction of sp³-hybridized carbons (Fsp3) is 0.320. The van der Waals surface area contributed by atoms with Gasteiger partial charge in [-0.15, -0.1) is 0 Å². The standard InChI is InChI=1S/C25H27Cl2N5O3/c1-13-12-15(4-5-16(13)14-8-10-32(2)11-9-14)29-25-30-22(20(23(28)34)24(31-25)35-3)19-17(26)6-7-18(33)21(19)27/h4-7,12,14,33H,8-11H2,1-3H3,(H2,28,34)(H,29,30,31). The van der Waals surface area contributed by atoms with Crippen molar-refractivity contribution >= 4 is 40.7 Å². The lowest BCUT2D eigenvalue weighted by Crippen LogP contribution is -2.29. The van der Waals surface area contributed by atoms with Crippen molar-refractivity contribution in [3.05, 3.63) is 57.1 Å². The zero-order valence-corrected chi connectivity index (χ0v) is 21.2. The number of carbonyl (C=O) groups excluding carboxylic acids is 1. The van der Waals surface area contributed by atoms with E-state index in [0.29, 0.717) is 5.92 Å². The number of likely N-dealkylation sites (tertiary alicyclic amines) is 1. The number of aryl methyl sites for hydroxylation is 1. The molecule has 2 aromatic carbocycles. The van der Waals surface area contributed by atoms with E-state index in [1.54, 1.807) is 0 Å². The molecule has 2 heterocycles. The van der Waals surface area contributed by atoms with Gasteiger partial charge in [-0.25, -0.2) is 4.98 Å². The maximum absolute atomic E-state index is 12.3. The van der Waals surface area contributed by atoms with Crippen LogP contribution in [0.2, 0.25) is 10.0 Å². The summed E-state index contributed by atoms with van der Waals surface area (Å²) in [6.45, 7) is 4.27. The number of benzene rings is 2. The van der Waals surface area contributed by atoms with Crippen LogP contribution < -0.4 is 15.8 Å². The van der Waals surface area contributed by atoms with Gasteiger partial charge in [0.2, 0.25) is 11.8 Å². The summed E-state index contributed by atoms with van der Waals surface area (Å²) >= 11 is 12.7. The van der Waals surface area contributed by atoms with Crippen molar-refractivity contribution < 1.29 is 14.6 Å². The Morgan fingerprint density at radius 1 is 1.20 bits per heavy atom. The molecule has 0 saturated carbocycles. The molecule has 10 heteroatoms. The molecule has 1 saturated heterocycles. The molecule has 1 amide bonds. The predicted octanol–water partition coefficient (Wildman–Crippen LogP) is 5.12. The topological polar surface area (TPSA) is 114 Å². The SMILES string of the molecule is COc1nc(Nc2ccc(C3CCN(C)CC3)c(C)c2)nc(-c2c(Cl)ccc(O)c2Cl)c1C(N)=O. The molecule has 4 N–H and O–H groups in total. The molecule has 3 aromatic rings. The van der Waals surface area contributed by atoms with E-state index in [-0.39, 0.29) is 44.4 Å². The Morgan fingerprint density at radius 2 is 1.91 bits per heavy atom. The summed E-state index contributed by atoms with van der Waals surface area (Å²) in [5.74, 6) is -0.386. The Hall–Kier alpha value is -3.07. The zero-order valence-electron chi connectivity index (χ0n) is 19.7. The van der Waals surface area contributed by atoms with Crippen LogP contribution in [0.3, 0.4) is 0 Å². The minimum atomic E-state index is -0.822. The smallest absolute Gasteiger partial charge is 0.256 e. The summed E-state index contributed by atoms with van der Waals surface area (Å²) in [5, 5.41) is 13.4. The highest BCUT2D eigenvalue weighted by molar-refractivity contribution is 6.40. The van der Waals surface area contributed by atoms with Crippen LogP contribution in [0, 0.1) is 6.92 Å². The number of phenols is 1. The second-order valence-electron chi connectivity index (χ2n) is 8.67. The van der Waals surface area contributed by atoms with Gasteiger partial charge in [0.1, 0.15) is 11.3 Å². The molecule has 0 aliphatic carbocycles. The number of hydrogen-bond acceptors (Lipinski definition) is 7. The highest BCUT2D eigenvalue weighted by Crippen LogP contribution is 2.42. The molecule has 1 aromatic heterocycles. The number of carbonyl (C=O) groups is 1. The van der Waals surface area contributed by atoms with Gasteiger partial charge in [0.15, 0.2) is 0 Å². The third kappa shape index (κ3) is 5.15. The number of aromatic nitrogens is 2. The molecule has 184 valence electrons. The van der Waals surface area contributed by atoms with E-state index >= 15 is 0 Å². The molecule has 1 fully saturated rings. The number of ether oxygens (including phenoxy) is 1. The third-order valence-electron chi connectivity index (χ3n) is 6.31. The number of primary amides is 1. The van der Waals surface area contributed by atoms with Gasteiger partial charge in [-0.3, -0.25) is 4.79 Å². The lowest BCUT2D eigenvalue weighted by molar-refractivity contribution is 0.0997. The highest BCUT2D eigenvalue weighted by Gasteiger charge is 2.26. The molecule has 0 unspecified atom stereocenters. The van der Waals surface area contributed by atoms with Gasteiger partial charge < -0.3 is 25.8 Å². The molecule has 8 nitrogen and oxygen atoms in total. The number of nitrogens with one attached hydrogen (secondary N) is 1. The predicted molar refractivity (Wildman–Crippen MR) is 138 cm³/mol. The van der Waals surface area contributed by atoms with Crippen LogP contribution in [0.5, 0.6) is 11.6 Å². The summed E-state index contributed by atoms with van der Waals surface area (Å²) in [4.78, 5) is 23.5. The van der Waals surface area contributed by atoms with Gasteiger partial charge in [-0.2, -0.15) is 4.98 Å². The number of phenolic OH excluding ortho intramolecular Hbond substituents is 1. The van der Waals surface area contributed by atoms with Crippen molar-refractivity contribution in [1.82, 2.24) is 14.9 Å². The molecular formula is C25H27Cl2N5O3. The summed E-state index contributed by atoms with van der Waals surface area (Å²) in [6, 6.07) is 8.96. The molecule has 0 spiro atoms. The van der Waals surface area contributed by atoms with Crippen LogP contribution in [0.25, 0.3) is 11.3 Å².